The predicted octanol–water partition coefficient (Wildman–Crippen LogP) is 3.70. The number of carboxylic acids is 1. The highest BCUT2D eigenvalue weighted by molar-refractivity contribution is 5.66. The van der Waals surface area contributed by atoms with Crippen LogP contribution >= 0.6 is 0 Å². The van der Waals surface area contributed by atoms with Crippen molar-refractivity contribution in [2.24, 2.45) is 11.8 Å². The van der Waals surface area contributed by atoms with Gasteiger partial charge in [-0.2, -0.15) is 0 Å². The van der Waals surface area contributed by atoms with Gasteiger partial charge in [0.05, 0.1) is 25.4 Å². The van der Waals surface area contributed by atoms with E-state index < -0.39 is 24.0 Å². The lowest BCUT2D eigenvalue weighted by atomic mass is 9.85. The second kappa shape index (κ2) is 11.8. The van der Waals surface area contributed by atoms with Gasteiger partial charge in [-0.1, -0.05) is 42.5 Å². The molecular weight excluding hydrogens is 396 g/mol. The van der Waals surface area contributed by atoms with Crippen LogP contribution in [0.4, 0.5) is 0 Å². The SMILES string of the molecule is O=C(O)CCC/C=C\C[C@@H]1[C@@H](CCC2(CCc3ccccc3)OCCO2)[C@H](O)C[C@H]1O. The van der Waals surface area contributed by atoms with E-state index in [9.17, 15) is 15.0 Å². The Morgan fingerprint density at radius 1 is 1.03 bits per heavy atom. The number of hydrogen-bond acceptors (Lipinski definition) is 5. The lowest BCUT2D eigenvalue weighted by Gasteiger charge is -2.31. The van der Waals surface area contributed by atoms with E-state index in [0.29, 0.717) is 45.3 Å². The van der Waals surface area contributed by atoms with Gasteiger partial charge in [0.2, 0.25) is 0 Å². The highest BCUT2D eigenvalue weighted by Gasteiger charge is 2.43. The number of carbonyl (C=O) groups is 1. The highest BCUT2D eigenvalue weighted by atomic mass is 16.7. The summed E-state index contributed by atoms with van der Waals surface area (Å²) >= 11 is 0. The Labute approximate surface area is 184 Å². The van der Waals surface area contributed by atoms with Crippen LogP contribution in [-0.2, 0) is 20.7 Å². The Balaban J connectivity index is 1.52. The van der Waals surface area contributed by atoms with E-state index in [0.717, 1.165) is 19.3 Å². The Morgan fingerprint density at radius 3 is 2.45 bits per heavy atom. The topological polar surface area (TPSA) is 96.2 Å². The first-order valence-electron chi connectivity index (χ1n) is 11.5. The molecule has 1 aromatic carbocycles. The minimum Gasteiger partial charge on any atom is -0.481 e. The zero-order valence-electron chi connectivity index (χ0n) is 18.2. The quantitative estimate of drug-likeness (QED) is 0.344. The van der Waals surface area contributed by atoms with Crippen molar-refractivity contribution in [1.29, 1.82) is 0 Å². The van der Waals surface area contributed by atoms with Crippen LogP contribution in [0.2, 0.25) is 0 Å². The van der Waals surface area contributed by atoms with E-state index in [1.54, 1.807) is 0 Å². The summed E-state index contributed by atoms with van der Waals surface area (Å²) in [4.78, 5) is 10.6. The molecule has 6 nitrogen and oxygen atoms in total. The molecule has 4 atom stereocenters. The highest BCUT2D eigenvalue weighted by Crippen LogP contribution is 2.41. The third-order valence-electron chi connectivity index (χ3n) is 6.67. The number of ether oxygens (including phenoxy) is 2. The number of rotatable bonds is 12. The Kier molecular flexibility index (Phi) is 9.08. The van der Waals surface area contributed by atoms with Crippen LogP contribution in [0.1, 0.15) is 56.9 Å². The van der Waals surface area contributed by atoms with Gasteiger partial charge in [-0.05, 0) is 55.9 Å². The summed E-state index contributed by atoms with van der Waals surface area (Å²) in [6.45, 7) is 1.18. The molecule has 0 spiro atoms. The van der Waals surface area contributed by atoms with E-state index in [2.05, 4.69) is 12.1 Å². The molecule has 31 heavy (non-hydrogen) atoms. The van der Waals surface area contributed by atoms with Gasteiger partial charge in [0, 0.05) is 19.3 Å². The Morgan fingerprint density at radius 2 is 1.74 bits per heavy atom. The summed E-state index contributed by atoms with van der Waals surface area (Å²) in [7, 11) is 0. The number of allylic oxidation sites excluding steroid dienone is 2. The standard InChI is InChI=1S/C25H36O6/c26-22-18-23(27)21(20(22)10-6-1-2-7-11-24(28)29)13-15-25(30-16-17-31-25)14-12-19-8-4-3-5-9-19/h1,3-6,8-9,20-23,26-27H,2,7,10-18H2,(H,28,29)/b6-1-/t20-,21-,22-,23-/m1/s1. The Bertz CT molecular complexity index is 697. The lowest BCUT2D eigenvalue weighted by Crippen LogP contribution is -2.33. The van der Waals surface area contributed by atoms with E-state index in [1.165, 1.54) is 5.56 Å². The monoisotopic (exact) mass is 432 g/mol. The van der Waals surface area contributed by atoms with Crippen molar-refractivity contribution in [3.05, 3.63) is 48.0 Å². The summed E-state index contributed by atoms with van der Waals surface area (Å²) in [5.74, 6) is -1.39. The van der Waals surface area contributed by atoms with Gasteiger partial charge in [-0.15, -0.1) is 0 Å². The zero-order valence-corrected chi connectivity index (χ0v) is 18.2. The van der Waals surface area contributed by atoms with Crippen LogP contribution in [0.25, 0.3) is 0 Å². The van der Waals surface area contributed by atoms with Gasteiger partial charge in [0.15, 0.2) is 5.79 Å². The predicted molar refractivity (Wildman–Crippen MR) is 117 cm³/mol. The molecule has 2 aliphatic rings. The summed E-state index contributed by atoms with van der Waals surface area (Å²) in [5, 5.41) is 29.8. The number of aliphatic hydroxyl groups is 2. The average molecular weight is 433 g/mol. The first-order chi connectivity index (χ1) is 15.0. The van der Waals surface area contributed by atoms with Crippen LogP contribution in [0.15, 0.2) is 42.5 Å². The molecule has 0 bridgehead atoms. The van der Waals surface area contributed by atoms with Crippen molar-refractivity contribution in [1.82, 2.24) is 0 Å². The van der Waals surface area contributed by atoms with Crippen molar-refractivity contribution in [2.75, 3.05) is 13.2 Å². The molecule has 0 radical (unpaired) electrons. The molecule has 1 aliphatic carbocycles. The molecule has 1 saturated carbocycles. The minimum atomic E-state index is -0.777. The number of unbranched alkanes of at least 4 members (excludes halogenated alkanes) is 1. The number of aliphatic carboxylic acids is 1. The average Bonchev–Trinajstić information content (AvgIpc) is 3.32. The molecule has 1 heterocycles. The molecule has 0 amide bonds. The Hall–Kier alpha value is -1.73. The second-order valence-corrected chi connectivity index (χ2v) is 8.82. The molecule has 172 valence electrons. The molecule has 1 saturated heterocycles. The fraction of sp³-hybridized carbons (Fsp3) is 0.640. The number of hydrogen-bond donors (Lipinski definition) is 3. The van der Waals surface area contributed by atoms with Crippen molar-refractivity contribution in [3.63, 3.8) is 0 Å². The number of carboxylic acid groups (broad SMARTS) is 1. The summed E-state index contributed by atoms with van der Waals surface area (Å²) < 4.78 is 12.1. The number of aryl methyl sites for hydroxylation is 1. The number of benzene rings is 1. The van der Waals surface area contributed by atoms with E-state index in [-0.39, 0.29) is 18.3 Å². The first-order valence-corrected chi connectivity index (χ1v) is 11.5. The van der Waals surface area contributed by atoms with E-state index >= 15 is 0 Å². The summed E-state index contributed by atoms with van der Waals surface area (Å²) in [5.41, 5.74) is 1.25. The van der Waals surface area contributed by atoms with Gasteiger partial charge < -0.3 is 24.8 Å². The molecule has 1 aliphatic heterocycles. The third-order valence-corrected chi connectivity index (χ3v) is 6.67. The fourth-order valence-corrected chi connectivity index (χ4v) is 4.93. The lowest BCUT2D eigenvalue weighted by molar-refractivity contribution is -0.170. The molecule has 1 aromatic rings. The van der Waals surface area contributed by atoms with Gasteiger partial charge in [-0.25, -0.2) is 0 Å². The molecule has 3 N–H and O–H groups in total. The number of aliphatic hydroxyl groups excluding tert-OH is 2. The fourth-order valence-electron chi connectivity index (χ4n) is 4.93. The normalized spacial score (nSPS) is 27.8. The van der Waals surface area contributed by atoms with Crippen LogP contribution in [-0.4, -0.2) is 52.5 Å². The van der Waals surface area contributed by atoms with Gasteiger partial charge in [-0.3, -0.25) is 4.79 Å². The van der Waals surface area contributed by atoms with Crippen molar-refractivity contribution in [3.8, 4) is 0 Å². The third kappa shape index (κ3) is 7.14. The smallest absolute Gasteiger partial charge is 0.303 e. The molecular formula is C25H36O6. The maximum absolute atomic E-state index is 10.6. The van der Waals surface area contributed by atoms with Crippen LogP contribution in [0, 0.1) is 11.8 Å². The van der Waals surface area contributed by atoms with Crippen LogP contribution in [0.5, 0.6) is 0 Å². The molecule has 0 unspecified atom stereocenters. The summed E-state index contributed by atoms with van der Waals surface area (Å²) in [6, 6.07) is 10.3. The summed E-state index contributed by atoms with van der Waals surface area (Å²) in [6.07, 6.45) is 8.65. The van der Waals surface area contributed by atoms with E-state index in [4.69, 9.17) is 14.6 Å². The van der Waals surface area contributed by atoms with Crippen LogP contribution < -0.4 is 0 Å². The maximum atomic E-state index is 10.6. The van der Waals surface area contributed by atoms with Crippen molar-refractivity contribution >= 4 is 5.97 Å². The second-order valence-electron chi connectivity index (χ2n) is 8.82. The van der Waals surface area contributed by atoms with Crippen LogP contribution in [0.3, 0.4) is 0 Å². The van der Waals surface area contributed by atoms with Gasteiger partial charge in [0.25, 0.3) is 0 Å². The largest absolute Gasteiger partial charge is 0.481 e. The molecule has 6 heteroatoms. The van der Waals surface area contributed by atoms with Crippen molar-refractivity contribution in [2.45, 2.75) is 75.8 Å². The zero-order chi connectivity index (χ0) is 22.1. The van der Waals surface area contributed by atoms with Crippen molar-refractivity contribution < 1.29 is 29.6 Å². The van der Waals surface area contributed by atoms with E-state index in [1.807, 2.05) is 30.4 Å². The molecule has 3 rings (SSSR count). The molecule has 2 fully saturated rings. The van der Waals surface area contributed by atoms with Gasteiger partial charge in [0.1, 0.15) is 0 Å². The maximum Gasteiger partial charge on any atom is 0.303 e. The minimum absolute atomic E-state index is 0.0000647. The molecule has 0 aromatic heterocycles. The first kappa shape index (κ1) is 23.9. The van der Waals surface area contributed by atoms with Gasteiger partial charge >= 0.3 is 5.97 Å².